The van der Waals surface area contributed by atoms with Crippen LogP contribution in [-0.2, 0) is 6.54 Å². The minimum absolute atomic E-state index is 0.456. The van der Waals surface area contributed by atoms with Crippen LogP contribution in [0.15, 0.2) is 16.6 Å². The summed E-state index contributed by atoms with van der Waals surface area (Å²) in [6, 6.07) is 3.68. The molecule has 0 aliphatic carbocycles. The Morgan fingerprint density at radius 3 is 2.55 bits per heavy atom. The largest absolute Gasteiger partial charge is 0.493 e. The predicted molar refractivity (Wildman–Crippen MR) is 82.7 cm³/mol. The number of hydrogen-bond donors (Lipinski definition) is 1. The van der Waals surface area contributed by atoms with E-state index in [4.69, 9.17) is 26.8 Å². The van der Waals surface area contributed by atoms with E-state index in [0.717, 1.165) is 15.7 Å². The first-order valence-electron chi connectivity index (χ1n) is 5.87. The van der Waals surface area contributed by atoms with Crippen molar-refractivity contribution in [2.24, 2.45) is 0 Å². The summed E-state index contributed by atoms with van der Waals surface area (Å²) in [6.07, 6.45) is 0. The summed E-state index contributed by atoms with van der Waals surface area (Å²) in [4.78, 5) is 0. The topological polar surface area (TPSA) is 62.3 Å². The number of aromatic nitrogens is 2. The molecule has 0 radical (unpaired) electrons. The second-order valence-corrected chi connectivity index (χ2v) is 5.39. The summed E-state index contributed by atoms with van der Waals surface area (Å²) < 4.78 is 13.0. The molecule has 0 unspecified atom stereocenters. The van der Waals surface area contributed by atoms with E-state index in [1.54, 1.807) is 18.9 Å². The van der Waals surface area contributed by atoms with Crippen molar-refractivity contribution in [2.45, 2.75) is 13.5 Å². The number of halogens is 2. The van der Waals surface area contributed by atoms with Crippen LogP contribution in [0.2, 0.25) is 5.02 Å². The zero-order chi connectivity index (χ0) is 14.9. The lowest BCUT2D eigenvalue weighted by molar-refractivity contribution is 0.354. The van der Waals surface area contributed by atoms with Gasteiger partial charge in [0.15, 0.2) is 11.5 Å². The number of benzene rings is 1. The van der Waals surface area contributed by atoms with Crippen molar-refractivity contribution >= 4 is 33.3 Å². The Bertz CT molecular complexity index is 643. The van der Waals surface area contributed by atoms with Crippen LogP contribution < -0.4 is 15.2 Å². The summed E-state index contributed by atoms with van der Waals surface area (Å²) in [5, 5.41) is 4.85. The first-order valence-corrected chi connectivity index (χ1v) is 7.04. The summed E-state index contributed by atoms with van der Waals surface area (Å²) in [5.74, 6) is 1.66. The van der Waals surface area contributed by atoms with Gasteiger partial charge in [-0.1, -0.05) is 17.7 Å². The molecule has 2 N–H and O–H groups in total. The summed E-state index contributed by atoms with van der Waals surface area (Å²) >= 11 is 9.74. The maximum Gasteiger partial charge on any atom is 0.179 e. The Hall–Kier alpha value is -1.40. The van der Waals surface area contributed by atoms with E-state index in [1.807, 2.05) is 19.1 Å². The molecule has 20 heavy (non-hydrogen) atoms. The fourth-order valence-electron chi connectivity index (χ4n) is 1.91. The number of nitrogens with zero attached hydrogens (tertiary/aromatic N) is 2. The number of rotatable bonds is 4. The summed E-state index contributed by atoms with van der Waals surface area (Å²) in [5.41, 5.74) is 7.67. The Morgan fingerprint density at radius 2 is 2.05 bits per heavy atom. The average molecular weight is 361 g/mol. The highest BCUT2D eigenvalue weighted by atomic mass is 79.9. The van der Waals surface area contributed by atoms with Gasteiger partial charge in [-0.15, -0.1) is 0 Å². The predicted octanol–water partition coefficient (Wildman–Crippen LogP) is 3.26. The van der Waals surface area contributed by atoms with Gasteiger partial charge in [0.1, 0.15) is 5.82 Å². The third kappa shape index (κ3) is 2.58. The third-order valence-corrected chi connectivity index (χ3v) is 4.37. The van der Waals surface area contributed by atoms with E-state index in [0.29, 0.717) is 28.9 Å². The van der Waals surface area contributed by atoms with Crippen molar-refractivity contribution < 1.29 is 9.47 Å². The highest BCUT2D eigenvalue weighted by Crippen LogP contribution is 2.38. The molecule has 1 aromatic carbocycles. The van der Waals surface area contributed by atoms with E-state index >= 15 is 0 Å². The molecule has 2 rings (SSSR count). The fourth-order valence-corrected chi connectivity index (χ4v) is 2.49. The van der Waals surface area contributed by atoms with E-state index in [-0.39, 0.29) is 0 Å². The van der Waals surface area contributed by atoms with Gasteiger partial charge in [0.05, 0.1) is 36.0 Å². The summed E-state index contributed by atoms with van der Waals surface area (Å²) in [6.45, 7) is 2.34. The summed E-state index contributed by atoms with van der Waals surface area (Å²) in [7, 11) is 3.12. The highest BCUT2D eigenvalue weighted by Gasteiger charge is 2.16. The first-order chi connectivity index (χ1) is 9.49. The molecule has 0 aliphatic heterocycles. The first kappa shape index (κ1) is 15.0. The molecule has 0 bridgehead atoms. The van der Waals surface area contributed by atoms with Gasteiger partial charge < -0.3 is 15.2 Å². The molecule has 0 amide bonds. The van der Waals surface area contributed by atoms with Crippen molar-refractivity contribution in [1.82, 2.24) is 9.78 Å². The molecule has 5 nitrogen and oxygen atoms in total. The molecule has 0 aliphatic rings. The van der Waals surface area contributed by atoms with Crippen molar-refractivity contribution in [2.75, 3.05) is 20.0 Å². The van der Waals surface area contributed by atoms with Crippen molar-refractivity contribution in [3.63, 3.8) is 0 Å². The van der Waals surface area contributed by atoms with Crippen LogP contribution >= 0.6 is 27.5 Å². The molecular weight excluding hydrogens is 346 g/mol. The van der Waals surface area contributed by atoms with Crippen LogP contribution in [-0.4, -0.2) is 24.0 Å². The lowest BCUT2D eigenvalue weighted by atomic mass is 10.2. The van der Waals surface area contributed by atoms with Crippen LogP contribution in [0.5, 0.6) is 11.5 Å². The molecule has 7 heteroatoms. The zero-order valence-electron chi connectivity index (χ0n) is 11.4. The van der Waals surface area contributed by atoms with Crippen LogP contribution in [0.3, 0.4) is 0 Å². The van der Waals surface area contributed by atoms with Gasteiger partial charge in [0.2, 0.25) is 0 Å². The maximum absolute atomic E-state index is 6.34. The number of aryl methyl sites for hydroxylation is 1. The number of nitrogens with two attached hydrogens (primary N) is 1. The van der Waals surface area contributed by atoms with Crippen molar-refractivity contribution in [3.8, 4) is 11.5 Å². The maximum atomic E-state index is 6.34. The standard InChI is InChI=1S/C13H15BrClN3O2/c1-7-10(14)13(16)18(17-7)6-8-4-5-9(19-2)12(20-3)11(8)15/h4-5H,6,16H2,1-3H3. The second-order valence-electron chi connectivity index (χ2n) is 4.22. The number of nitrogen functional groups attached to an aromatic ring is 1. The molecule has 1 aromatic heterocycles. The van der Waals surface area contributed by atoms with Gasteiger partial charge in [-0.25, -0.2) is 4.68 Å². The number of anilines is 1. The van der Waals surface area contributed by atoms with Gasteiger partial charge in [-0.05, 0) is 34.5 Å². The number of hydrogen-bond acceptors (Lipinski definition) is 4. The molecule has 108 valence electrons. The van der Waals surface area contributed by atoms with E-state index in [2.05, 4.69) is 21.0 Å². The van der Waals surface area contributed by atoms with E-state index < -0.39 is 0 Å². The zero-order valence-corrected chi connectivity index (χ0v) is 13.7. The lowest BCUT2D eigenvalue weighted by Crippen LogP contribution is -2.07. The SMILES string of the molecule is COc1ccc(Cn2nc(C)c(Br)c2N)c(Cl)c1OC. The molecule has 0 spiro atoms. The normalized spacial score (nSPS) is 10.7. The van der Waals surface area contributed by atoms with Crippen molar-refractivity contribution in [3.05, 3.63) is 32.9 Å². The number of ether oxygens (including phenoxy) is 2. The molecule has 2 aromatic rings. The van der Waals surface area contributed by atoms with Crippen LogP contribution in [0.25, 0.3) is 0 Å². The van der Waals surface area contributed by atoms with Gasteiger partial charge in [0.25, 0.3) is 0 Å². The Morgan fingerprint density at radius 1 is 1.35 bits per heavy atom. The molecule has 0 fully saturated rings. The van der Waals surface area contributed by atoms with Crippen LogP contribution in [0.4, 0.5) is 5.82 Å². The van der Waals surface area contributed by atoms with Gasteiger partial charge >= 0.3 is 0 Å². The highest BCUT2D eigenvalue weighted by molar-refractivity contribution is 9.10. The Labute approximate surface area is 130 Å². The molecule has 0 saturated carbocycles. The van der Waals surface area contributed by atoms with Crippen LogP contribution in [0.1, 0.15) is 11.3 Å². The Kier molecular flexibility index (Phi) is 4.45. The molecule has 1 heterocycles. The van der Waals surface area contributed by atoms with Gasteiger partial charge in [-0.3, -0.25) is 0 Å². The van der Waals surface area contributed by atoms with Gasteiger partial charge in [-0.2, -0.15) is 5.10 Å². The Balaban J connectivity index is 2.41. The number of methoxy groups -OCH3 is 2. The minimum atomic E-state index is 0.456. The average Bonchev–Trinajstić information content (AvgIpc) is 2.68. The molecule has 0 saturated heterocycles. The smallest absolute Gasteiger partial charge is 0.179 e. The quantitative estimate of drug-likeness (QED) is 0.909. The van der Waals surface area contributed by atoms with E-state index in [9.17, 15) is 0 Å². The van der Waals surface area contributed by atoms with E-state index in [1.165, 1.54) is 0 Å². The van der Waals surface area contributed by atoms with Crippen molar-refractivity contribution in [1.29, 1.82) is 0 Å². The molecule has 0 atom stereocenters. The minimum Gasteiger partial charge on any atom is -0.493 e. The van der Waals surface area contributed by atoms with Crippen LogP contribution in [0, 0.1) is 6.92 Å². The monoisotopic (exact) mass is 359 g/mol. The van der Waals surface area contributed by atoms with Gasteiger partial charge in [0, 0.05) is 0 Å². The second kappa shape index (κ2) is 5.93. The molecular formula is C13H15BrClN3O2. The lowest BCUT2D eigenvalue weighted by Gasteiger charge is -2.13. The fraction of sp³-hybridized carbons (Fsp3) is 0.308. The third-order valence-electron chi connectivity index (χ3n) is 2.98.